The number of rotatable bonds is 1. The predicted molar refractivity (Wildman–Crippen MR) is 66.1 cm³/mol. The minimum atomic E-state index is -1.00. The molecule has 3 atom stereocenters. The number of nitrogens with zero attached hydrogens (tertiary/aromatic N) is 3. The molecule has 5 N–H and O–H groups in total. The molecule has 2 unspecified atom stereocenters. The summed E-state index contributed by atoms with van der Waals surface area (Å²) in [4.78, 5) is 4.21. The highest BCUT2D eigenvalue weighted by atomic mass is 16.5. The lowest BCUT2D eigenvalue weighted by atomic mass is 10.2. The van der Waals surface area contributed by atoms with Crippen molar-refractivity contribution < 1.29 is 19.5 Å². The largest absolute Gasteiger partial charge is 0.388 e. The van der Waals surface area contributed by atoms with Crippen molar-refractivity contribution in [2.45, 2.75) is 18.4 Å². The van der Waals surface area contributed by atoms with Crippen LogP contribution < -0.4 is 15.6 Å². The molecule has 19 heavy (non-hydrogen) atoms. The van der Waals surface area contributed by atoms with Gasteiger partial charge in [0, 0.05) is 0 Å². The van der Waals surface area contributed by atoms with E-state index < -0.39 is 18.4 Å². The van der Waals surface area contributed by atoms with Gasteiger partial charge in [0.15, 0.2) is 12.0 Å². The number of nitrogens with two attached hydrogens (primary N) is 1. The molecule has 8 heteroatoms. The smallest absolute Gasteiger partial charge is 0.310 e. The van der Waals surface area contributed by atoms with Gasteiger partial charge in [0.05, 0.1) is 19.4 Å². The van der Waals surface area contributed by atoms with Crippen molar-refractivity contribution in [3.05, 3.63) is 18.6 Å². The van der Waals surface area contributed by atoms with E-state index in [9.17, 15) is 10.2 Å². The number of guanidine groups is 1. The van der Waals surface area contributed by atoms with E-state index in [4.69, 9.17) is 10.5 Å². The molecule has 1 aromatic heterocycles. The number of aromatic nitrogens is 2. The number of aliphatic imine (C=N–C) groups is 1. The Morgan fingerprint density at radius 1 is 1.63 bits per heavy atom. The van der Waals surface area contributed by atoms with Crippen molar-refractivity contribution in [3.8, 4) is 0 Å². The van der Waals surface area contributed by atoms with Gasteiger partial charge in [-0.3, -0.25) is 4.57 Å². The van der Waals surface area contributed by atoms with Crippen molar-refractivity contribution in [3.63, 3.8) is 0 Å². The predicted octanol–water partition coefficient (Wildman–Crippen LogP) is -1.92. The molecule has 1 saturated heterocycles. The second-order valence-corrected chi connectivity index (χ2v) is 4.69. The van der Waals surface area contributed by atoms with Gasteiger partial charge >= 0.3 is 5.82 Å². The Labute approximate surface area is 109 Å². The molecular weight excluding hydrogens is 250 g/mol. The summed E-state index contributed by atoms with van der Waals surface area (Å²) in [5.74, 6) is 0.771. The molecule has 0 radical (unpaired) electrons. The molecule has 0 amide bonds. The maximum Gasteiger partial charge on any atom is 0.310 e. The number of hydrogen-bond donors (Lipinski definition) is 4. The van der Waals surface area contributed by atoms with Crippen LogP contribution in [-0.2, 0) is 11.8 Å². The number of aliphatic hydroxyl groups is 2. The monoisotopic (exact) mass is 266 g/mol. The minimum absolute atomic E-state index is 0.0842. The summed E-state index contributed by atoms with van der Waals surface area (Å²) in [7, 11) is 1.83. The number of nitrogens with one attached hydrogen (secondary N) is 1. The van der Waals surface area contributed by atoms with Crippen LogP contribution in [0.5, 0.6) is 0 Å². The number of hydrogen-bond acceptors (Lipinski definition) is 6. The molecular formula is C11H16N5O3+. The third-order valence-corrected chi connectivity index (χ3v) is 3.30. The van der Waals surface area contributed by atoms with Crippen LogP contribution in [-0.4, -0.2) is 39.6 Å². The van der Waals surface area contributed by atoms with Crippen LogP contribution in [0.2, 0.25) is 0 Å². The van der Waals surface area contributed by atoms with E-state index in [0.717, 1.165) is 5.69 Å². The molecule has 0 saturated carbocycles. The van der Waals surface area contributed by atoms with Gasteiger partial charge in [-0.05, 0) is 0 Å². The van der Waals surface area contributed by atoms with E-state index in [1.54, 1.807) is 15.5 Å². The third kappa shape index (κ3) is 1.72. The molecule has 8 nitrogen and oxygen atoms in total. The first-order chi connectivity index (χ1) is 8.99. The van der Waals surface area contributed by atoms with Gasteiger partial charge in [0.1, 0.15) is 12.2 Å². The van der Waals surface area contributed by atoms with Crippen molar-refractivity contribution >= 4 is 17.5 Å². The average molecular weight is 266 g/mol. The summed E-state index contributed by atoms with van der Waals surface area (Å²) in [6, 6.07) is 0. The summed E-state index contributed by atoms with van der Waals surface area (Å²) in [6.45, 7) is 3.97. The molecule has 1 fully saturated rings. The summed E-state index contributed by atoms with van der Waals surface area (Å²) in [6.07, 6.45) is -0.867. The second-order valence-electron chi connectivity index (χ2n) is 4.69. The molecule has 0 spiro atoms. The Morgan fingerprint density at radius 2 is 2.37 bits per heavy atom. The van der Waals surface area contributed by atoms with Crippen molar-refractivity contribution in [1.82, 2.24) is 9.88 Å². The fourth-order valence-electron chi connectivity index (χ4n) is 2.41. The number of fused-ring (bicyclic) bond motifs is 1. The Bertz CT molecular complexity index is 579. The number of aliphatic hydroxyl groups excluding tert-OH is 2. The molecule has 102 valence electrons. The number of aryl methyl sites for hydroxylation is 1. The Kier molecular flexibility index (Phi) is 2.59. The lowest BCUT2D eigenvalue weighted by molar-refractivity contribution is -0.753. The molecule has 1 aromatic rings. The van der Waals surface area contributed by atoms with E-state index in [1.807, 2.05) is 7.05 Å². The fraction of sp³-hybridized carbons (Fsp3) is 0.455. The Hall–Kier alpha value is -1.90. The van der Waals surface area contributed by atoms with Crippen LogP contribution in [0.1, 0.15) is 11.9 Å². The maximum atomic E-state index is 9.93. The second kappa shape index (κ2) is 4.05. The first-order valence-corrected chi connectivity index (χ1v) is 5.87. The minimum Gasteiger partial charge on any atom is -0.388 e. The zero-order chi connectivity index (χ0) is 13.7. The van der Waals surface area contributed by atoms with Gasteiger partial charge in [0.2, 0.25) is 6.23 Å². The third-order valence-electron chi connectivity index (χ3n) is 3.30. The lowest BCUT2D eigenvalue weighted by Crippen LogP contribution is -2.46. The van der Waals surface area contributed by atoms with Gasteiger partial charge in [-0.2, -0.15) is 0 Å². The molecule has 2 aliphatic heterocycles. The molecule has 0 bridgehead atoms. The number of ether oxygens (including phenoxy) is 1. The highest BCUT2D eigenvalue weighted by Crippen LogP contribution is 2.28. The lowest BCUT2D eigenvalue weighted by Gasteiger charge is -2.14. The highest BCUT2D eigenvalue weighted by Gasteiger charge is 2.42. The molecule has 3 heterocycles. The standard InChI is InChI=1S/C11H16N5O3/c1-5-7-9(14-11(12)13-5)16(4-15(7)2)10-8(18)6(17)3-19-10/h4,6,8,10,17-18H,1,3H2,2H3,(H3,12,13,14)/q+1/t6?,8?,10-/m1/s1. The Morgan fingerprint density at radius 3 is 3.00 bits per heavy atom. The summed E-state index contributed by atoms with van der Waals surface area (Å²) < 4.78 is 8.86. The zero-order valence-electron chi connectivity index (χ0n) is 10.4. The van der Waals surface area contributed by atoms with Gasteiger partial charge in [-0.25, -0.2) is 4.57 Å². The van der Waals surface area contributed by atoms with E-state index in [-0.39, 0.29) is 12.6 Å². The van der Waals surface area contributed by atoms with Crippen LogP contribution in [0, 0.1) is 0 Å². The highest BCUT2D eigenvalue weighted by molar-refractivity contribution is 5.93. The van der Waals surface area contributed by atoms with Crippen molar-refractivity contribution in [2.75, 3.05) is 6.61 Å². The van der Waals surface area contributed by atoms with Gasteiger partial charge in [0.25, 0.3) is 5.96 Å². The fourth-order valence-corrected chi connectivity index (χ4v) is 2.41. The summed E-state index contributed by atoms with van der Waals surface area (Å²) >= 11 is 0. The van der Waals surface area contributed by atoms with Gasteiger partial charge in [-0.15, -0.1) is 0 Å². The SMILES string of the molecule is C=C1NC(N)=Nc2c1n(C)c[n+]2[C@@H]1OCC(O)C1O. The van der Waals surface area contributed by atoms with E-state index in [0.29, 0.717) is 11.5 Å². The van der Waals surface area contributed by atoms with E-state index >= 15 is 0 Å². The normalized spacial score (nSPS) is 29.9. The van der Waals surface area contributed by atoms with Crippen LogP contribution in [0.3, 0.4) is 0 Å². The first-order valence-electron chi connectivity index (χ1n) is 5.87. The van der Waals surface area contributed by atoms with Gasteiger partial charge < -0.3 is 26.0 Å². The van der Waals surface area contributed by atoms with Crippen molar-refractivity contribution in [1.29, 1.82) is 0 Å². The quantitative estimate of drug-likeness (QED) is 0.443. The molecule has 0 aromatic carbocycles. The first kappa shape index (κ1) is 12.2. The Balaban J connectivity index is 2.10. The van der Waals surface area contributed by atoms with E-state index in [2.05, 4.69) is 16.9 Å². The summed E-state index contributed by atoms with van der Waals surface area (Å²) in [5, 5.41) is 22.3. The molecule has 2 aliphatic rings. The maximum absolute atomic E-state index is 9.93. The van der Waals surface area contributed by atoms with Crippen LogP contribution >= 0.6 is 0 Å². The average Bonchev–Trinajstić information content (AvgIpc) is 2.82. The van der Waals surface area contributed by atoms with Crippen LogP contribution in [0.15, 0.2) is 17.9 Å². The summed E-state index contributed by atoms with van der Waals surface area (Å²) in [5.41, 5.74) is 7.06. The topological polar surface area (TPSA) is 109 Å². The number of imidazole rings is 1. The van der Waals surface area contributed by atoms with Crippen LogP contribution in [0.25, 0.3) is 5.70 Å². The zero-order valence-corrected chi connectivity index (χ0v) is 10.4. The molecule has 3 rings (SSSR count). The molecule has 0 aliphatic carbocycles. The van der Waals surface area contributed by atoms with Crippen LogP contribution in [0.4, 0.5) is 5.82 Å². The van der Waals surface area contributed by atoms with Gasteiger partial charge in [-0.1, -0.05) is 11.6 Å². The van der Waals surface area contributed by atoms with Crippen molar-refractivity contribution in [2.24, 2.45) is 17.8 Å². The van der Waals surface area contributed by atoms with E-state index in [1.165, 1.54) is 0 Å².